The molecule has 3 aromatic carbocycles. The van der Waals surface area contributed by atoms with E-state index in [4.69, 9.17) is 19.3 Å². The van der Waals surface area contributed by atoms with Gasteiger partial charge >= 0.3 is 0 Å². The largest absolute Gasteiger partial charge is 0.497 e. The summed E-state index contributed by atoms with van der Waals surface area (Å²) in [5, 5.41) is 4.77. The van der Waals surface area contributed by atoms with E-state index < -0.39 is 0 Å². The molecule has 0 bridgehead atoms. The summed E-state index contributed by atoms with van der Waals surface area (Å²) in [4.78, 5) is 15.3. The first-order chi connectivity index (χ1) is 17.0. The maximum atomic E-state index is 13.5. The summed E-state index contributed by atoms with van der Waals surface area (Å²) in [6.45, 7) is 0.531. The summed E-state index contributed by atoms with van der Waals surface area (Å²) in [6.07, 6.45) is 0.671. The van der Waals surface area contributed by atoms with Gasteiger partial charge in [-0.1, -0.05) is 36.4 Å². The molecule has 0 aliphatic rings. The Labute approximate surface area is 205 Å². The average Bonchev–Trinajstić information content (AvgIpc) is 3.37. The molecule has 0 N–H and O–H groups in total. The summed E-state index contributed by atoms with van der Waals surface area (Å²) in [6, 6.07) is 25.0. The Morgan fingerprint density at radius 1 is 0.857 bits per heavy atom. The molecular weight excluding hydrogens is 442 g/mol. The fraction of sp³-hybridized carbons (Fsp3) is 0.214. The van der Waals surface area contributed by atoms with E-state index in [2.05, 4.69) is 0 Å². The van der Waals surface area contributed by atoms with E-state index in [0.717, 1.165) is 28.3 Å². The number of amides is 1. The fourth-order valence-electron chi connectivity index (χ4n) is 3.83. The van der Waals surface area contributed by atoms with E-state index in [1.165, 1.54) is 0 Å². The Balaban J connectivity index is 1.60. The minimum Gasteiger partial charge on any atom is -0.497 e. The van der Waals surface area contributed by atoms with E-state index in [0.29, 0.717) is 30.2 Å². The second-order valence-electron chi connectivity index (χ2n) is 8.06. The van der Waals surface area contributed by atoms with Gasteiger partial charge < -0.3 is 19.1 Å². The van der Waals surface area contributed by atoms with Gasteiger partial charge in [-0.15, -0.1) is 0 Å². The number of methoxy groups -OCH3 is 3. The molecule has 1 heterocycles. The molecule has 0 unspecified atom stereocenters. The standard InChI is InChI=1S/C28H29N3O4/c1-30(17-16-20-10-15-26(34-3)27(18-20)35-4)28(32)25-19-24(21-8-6-5-7-9-21)29-31(25)22-11-13-23(33-2)14-12-22/h5-15,18-19H,16-17H2,1-4H3. The summed E-state index contributed by atoms with van der Waals surface area (Å²) in [7, 11) is 6.65. The molecule has 0 aliphatic carbocycles. The van der Waals surface area contributed by atoms with Crippen molar-refractivity contribution in [2.75, 3.05) is 34.9 Å². The number of benzene rings is 3. The molecule has 0 atom stereocenters. The van der Waals surface area contributed by atoms with Crippen LogP contribution in [0.1, 0.15) is 16.1 Å². The number of nitrogens with zero attached hydrogens (tertiary/aromatic N) is 3. The average molecular weight is 472 g/mol. The van der Waals surface area contributed by atoms with Crippen LogP contribution in [0.2, 0.25) is 0 Å². The van der Waals surface area contributed by atoms with E-state index in [9.17, 15) is 4.79 Å². The highest BCUT2D eigenvalue weighted by molar-refractivity contribution is 5.94. The van der Waals surface area contributed by atoms with Crippen molar-refractivity contribution in [3.63, 3.8) is 0 Å². The van der Waals surface area contributed by atoms with Crippen LogP contribution in [0.15, 0.2) is 78.9 Å². The zero-order chi connectivity index (χ0) is 24.8. The topological polar surface area (TPSA) is 65.8 Å². The third kappa shape index (κ3) is 5.30. The molecule has 0 aliphatic heterocycles. The number of hydrogen-bond acceptors (Lipinski definition) is 5. The third-order valence-corrected chi connectivity index (χ3v) is 5.85. The Kier molecular flexibility index (Phi) is 7.35. The Morgan fingerprint density at radius 2 is 1.57 bits per heavy atom. The van der Waals surface area contributed by atoms with Crippen molar-refractivity contribution in [3.05, 3.63) is 90.1 Å². The van der Waals surface area contributed by atoms with Crippen molar-refractivity contribution >= 4 is 5.91 Å². The van der Waals surface area contributed by atoms with Crippen LogP contribution in [-0.2, 0) is 6.42 Å². The Bertz CT molecular complexity index is 1280. The first-order valence-corrected chi connectivity index (χ1v) is 11.3. The lowest BCUT2D eigenvalue weighted by Crippen LogP contribution is -2.30. The molecule has 4 rings (SSSR count). The molecule has 0 spiro atoms. The second kappa shape index (κ2) is 10.8. The van der Waals surface area contributed by atoms with Crippen LogP contribution in [-0.4, -0.2) is 55.5 Å². The number of likely N-dealkylation sites (N-methyl/N-ethyl adjacent to an activating group) is 1. The number of hydrogen-bond donors (Lipinski definition) is 0. The van der Waals surface area contributed by atoms with Gasteiger partial charge in [0.05, 0.1) is 32.7 Å². The Morgan fingerprint density at radius 3 is 2.23 bits per heavy atom. The molecule has 4 aromatic rings. The zero-order valence-corrected chi connectivity index (χ0v) is 20.4. The quantitative estimate of drug-likeness (QED) is 0.348. The first kappa shape index (κ1) is 23.9. The van der Waals surface area contributed by atoms with Crippen molar-refractivity contribution < 1.29 is 19.0 Å². The molecule has 1 amide bonds. The lowest BCUT2D eigenvalue weighted by Gasteiger charge is -2.18. The van der Waals surface area contributed by atoms with Gasteiger partial charge in [0, 0.05) is 19.2 Å². The van der Waals surface area contributed by atoms with E-state index in [-0.39, 0.29) is 5.91 Å². The summed E-state index contributed by atoms with van der Waals surface area (Å²) in [5.41, 5.74) is 4.00. The van der Waals surface area contributed by atoms with Crippen molar-refractivity contribution in [1.82, 2.24) is 14.7 Å². The van der Waals surface area contributed by atoms with Crippen molar-refractivity contribution in [2.45, 2.75) is 6.42 Å². The Hall–Kier alpha value is -4.26. The fourth-order valence-corrected chi connectivity index (χ4v) is 3.83. The van der Waals surface area contributed by atoms with Crippen molar-refractivity contribution in [1.29, 1.82) is 0 Å². The predicted octanol–water partition coefficient (Wildman–Crippen LogP) is 4.88. The van der Waals surface area contributed by atoms with Gasteiger partial charge in [0.2, 0.25) is 0 Å². The highest BCUT2D eigenvalue weighted by atomic mass is 16.5. The SMILES string of the molecule is COc1ccc(-n2nc(-c3ccccc3)cc2C(=O)N(C)CCc2ccc(OC)c(OC)c2)cc1. The highest BCUT2D eigenvalue weighted by Gasteiger charge is 2.21. The minimum absolute atomic E-state index is 0.115. The molecule has 0 radical (unpaired) electrons. The maximum Gasteiger partial charge on any atom is 0.272 e. The maximum absolute atomic E-state index is 13.5. The molecule has 0 saturated carbocycles. The first-order valence-electron chi connectivity index (χ1n) is 11.3. The van der Waals surface area contributed by atoms with Crippen LogP contribution >= 0.6 is 0 Å². The van der Waals surface area contributed by atoms with E-state index in [1.807, 2.05) is 78.9 Å². The van der Waals surface area contributed by atoms with Crippen molar-refractivity contribution in [3.8, 4) is 34.2 Å². The molecule has 180 valence electrons. The number of carbonyl (C=O) groups is 1. The monoisotopic (exact) mass is 471 g/mol. The molecule has 7 heteroatoms. The zero-order valence-electron chi connectivity index (χ0n) is 20.4. The van der Waals surface area contributed by atoms with Gasteiger partial charge in [0.15, 0.2) is 11.5 Å². The van der Waals surface area contributed by atoms with Crippen molar-refractivity contribution in [2.24, 2.45) is 0 Å². The smallest absolute Gasteiger partial charge is 0.272 e. The van der Waals surface area contributed by atoms with E-state index in [1.54, 1.807) is 38.0 Å². The van der Waals surface area contributed by atoms with Gasteiger partial charge in [0.25, 0.3) is 5.91 Å². The van der Waals surface area contributed by atoms with Gasteiger partial charge in [-0.05, 0) is 54.4 Å². The molecule has 0 saturated heterocycles. The second-order valence-corrected chi connectivity index (χ2v) is 8.06. The minimum atomic E-state index is -0.115. The van der Waals surface area contributed by atoms with E-state index >= 15 is 0 Å². The van der Waals surface area contributed by atoms with Gasteiger partial charge in [0.1, 0.15) is 11.4 Å². The van der Waals surface area contributed by atoms with Crippen LogP contribution < -0.4 is 14.2 Å². The van der Waals surface area contributed by atoms with Crippen LogP contribution in [0, 0.1) is 0 Å². The highest BCUT2D eigenvalue weighted by Crippen LogP contribution is 2.28. The molecular formula is C28H29N3O4. The van der Waals surface area contributed by atoms with Gasteiger partial charge in [-0.25, -0.2) is 4.68 Å². The molecule has 35 heavy (non-hydrogen) atoms. The number of ether oxygens (including phenoxy) is 3. The number of carbonyl (C=O) groups excluding carboxylic acids is 1. The summed E-state index contributed by atoms with van der Waals surface area (Å²) < 4.78 is 17.7. The lowest BCUT2D eigenvalue weighted by molar-refractivity contribution is 0.0787. The van der Waals surface area contributed by atoms with Crippen LogP contribution in [0.3, 0.4) is 0 Å². The van der Waals surface area contributed by atoms with Crippen LogP contribution in [0.5, 0.6) is 17.2 Å². The van der Waals surface area contributed by atoms with Gasteiger partial charge in [-0.3, -0.25) is 4.79 Å². The third-order valence-electron chi connectivity index (χ3n) is 5.85. The van der Waals surface area contributed by atoms with Gasteiger partial charge in [-0.2, -0.15) is 5.10 Å². The molecule has 7 nitrogen and oxygen atoms in total. The lowest BCUT2D eigenvalue weighted by atomic mass is 10.1. The predicted molar refractivity (Wildman–Crippen MR) is 136 cm³/mol. The molecule has 1 aromatic heterocycles. The summed E-state index contributed by atoms with van der Waals surface area (Å²) in [5.74, 6) is 1.97. The normalized spacial score (nSPS) is 10.6. The number of rotatable bonds is 9. The molecule has 0 fully saturated rings. The summed E-state index contributed by atoms with van der Waals surface area (Å²) >= 11 is 0. The van der Waals surface area contributed by atoms with Crippen LogP contribution in [0.25, 0.3) is 16.9 Å². The van der Waals surface area contributed by atoms with Crippen LogP contribution in [0.4, 0.5) is 0 Å². The number of aromatic nitrogens is 2.